The lowest BCUT2D eigenvalue weighted by molar-refractivity contribution is -0.131. The van der Waals surface area contributed by atoms with Crippen LogP contribution in [-0.2, 0) is 9.53 Å². The quantitative estimate of drug-likeness (QED) is 0.668. The van der Waals surface area contributed by atoms with Crippen molar-refractivity contribution in [2.45, 2.75) is 0 Å². The minimum absolute atomic E-state index is 0.170. The van der Waals surface area contributed by atoms with Gasteiger partial charge in [0.2, 0.25) is 0 Å². The van der Waals surface area contributed by atoms with E-state index in [9.17, 15) is 4.79 Å². The average molecular weight is 287 g/mol. The maximum atomic E-state index is 10.3. The Morgan fingerprint density at radius 3 is 2.88 bits per heavy atom. The van der Waals surface area contributed by atoms with Gasteiger partial charge in [-0.15, -0.1) is 0 Å². The first-order valence-corrected chi connectivity index (χ1v) is 5.25. The van der Waals surface area contributed by atoms with E-state index in [0.29, 0.717) is 5.75 Å². The van der Waals surface area contributed by atoms with E-state index in [1.807, 2.05) is 0 Å². The maximum Gasteiger partial charge on any atom is 0.328 e. The van der Waals surface area contributed by atoms with Crippen molar-refractivity contribution in [1.82, 2.24) is 0 Å². The van der Waals surface area contributed by atoms with Gasteiger partial charge in [-0.25, -0.2) is 4.79 Å². The summed E-state index contributed by atoms with van der Waals surface area (Å²) in [5.74, 6) is -0.329. The minimum atomic E-state index is -0.976. The Morgan fingerprint density at radius 1 is 1.56 bits per heavy atom. The van der Waals surface area contributed by atoms with Crippen molar-refractivity contribution < 1.29 is 19.4 Å². The Morgan fingerprint density at radius 2 is 2.31 bits per heavy atom. The first kappa shape index (κ1) is 12.7. The van der Waals surface area contributed by atoms with Gasteiger partial charge in [-0.3, -0.25) is 0 Å². The van der Waals surface area contributed by atoms with Crippen LogP contribution in [0.4, 0.5) is 0 Å². The highest BCUT2D eigenvalue weighted by molar-refractivity contribution is 9.10. The number of ether oxygens (including phenoxy) is 2. The molecule has 0 saturated heterocycles. The molecule has 1 N–H and O–H groups in total. The second kappa shape index (κ2) is 6.30. The van der Waals surface area contributed by atoms with Crippen molar-refractivity contribution in [3.8, 4) is 5.75 Å². The summed E-state index contributed by atoms with van der Waals surface area (Å²) in [5, 5.41) is 8.48. The molecule has 5 heteroatoms. The molecule has 0 amide bonds. The van der Waals surface area contributed by atoms with Gasteiger partial charge >= 0.3 is 5.97 Å². The van der Waals surface area contributed by atoms with Crippen LogP contribution in [0.25, 0.3) is 6.08 Å². The predicted octanol–water partition coefficient (Wildman–Crippen LogP) is 2.53. The molecule has 0 atom stereocenters. The van der Waals surface area contributed by atoms with Gasteiger partial charge in [0.15, 0.2) is 6.79 Å². The molecule has 0 heterocycles. The molecule has 0 aliphatic rings. The molecule has 4 nitrogen and oxygen atoms in total. The number of aliphatic carboxylic acids is 1. The Kier molecular flexibility index (Phi) is 5.01. The first-order valence-electron chi connectivity index (χ1n) is 4.46. The largest absolute Gasteiger partial charge is 0.478 e. The highest BCUT2D eigenvalue weighted by Crippen LogP contribution is 2.26. The number of rotatable bonds is 5. The molecule has 0 aliphatic carbocycles. The SMILES string of the molecule is COCOc1ccc(C=CC(=O)O)cc1Br. The van der Waals surface area contributed by atoms with Crippen molar-refractivity contribution in [3.05, 3.63) is 34.3 Å². The average Bonchev–Trinajstić information content (AvgIpc) is 2.25. The minimum Gasteiger partial charge on any atom is -0.478 e. The van der Waals surface area contributed by atoms with Gasteiger partial charge in [0.05, 0.1) is 4.47 Å². The van der Waals surface area contributed by atoms with Crippen LogP contribution in [0.15, 0.2) is 28.7 Å². The van der Waals surface area contributed by atoms with Crippen LogP contribution < -0.4 is 4.74 Å². The van der Waals surface area contributed by atoms with E-state index < -0.39 is 5.97 Å². The van der Waals surface area contributed by atoms with Crippen LogP contribution in [0.2, 0.25) is 0 Å². The summed E-state index contributed by atoms with van der Waals surface area (Å²) >= 11 is 3.32. The predicted molar refractivity (Wildman–Crippen MR) is 63.3 cm³/mol. The molecule has 0 bridgehead atoms. The molecule has 0 aliphatic heterocycles. The Labute approximate surface area is 102 Å². The Hall–Kier alpha value is -1.33. The standard InChI is InChI=1S/C11H11BrO4/c1-15-7-16-10-4-2-8(6-9(10)12)3-5-11(13)14/h2-6H,7H2,1H3,(H,13,14). The fourth-order valence-corrected chi connectivity index (χ4v) is 1.54. The lowest BCUT2D eigenvalue weighted by Crippen LogP contribution is -1.99. The van der Waals surface area contributed by atoms with Crippen LogP contribution >= 0.6 is 15.9 Å². The molecule has 0 saturated carbocycles. The van der Waals surface area contributed by atoms with Crippen molar-refractivity contribution in [2.24, 2.45) is 0 Å². The number of benzene rings is 1. The van der Waals surface area contributed by atoms with Gasteiger partial charge in [0, 0.05) is 13.2 Å². The maximum absolute atomic E-state index is 10.3. The highest BCUT2D eigenvalue weighted by atomic mass is 79.9. The van der Waals surface area contributed by atoms with Crippen LogP contribution in [-0.4, -0.2) is 25.0 Å². The molecule has 0 radical (unpaired) electrons. The second-order valence-corrected chi connectivity index (χ2v) is 3.77. The molecule has 1 aromatic carbocycles. The smallest absolute Gasteiger partial charge is 0.328 e. The second-order valence-electron chi connectivity index (χ2n) is 2.91. The van der Waals surface area contributed by atoms with E-state index in [1.54, 1.807) is 18.2 Å². The number of hydrogen-bond acceptors (Lipinski definition) is 3. The van der Waals surface area contributed by atoms with Gasteiger partial charge in [-0.05, 0) is 39.7 Å². The summed E-state index contributed by atoms with van der Waals surface area (Å²) < 4.78 is 10.8. The van der Waals surface area contributed by atoms with E-state index in [0.717, 1.165) is 16.1 Å². The fourth-order valence-electron chi connectivity index (χ4n) is 1.03. The van der Waals surface area contributed by atoms with Gasteiger partial charge in [-0.2, -0.15) is 0 Å². The zero-order chi connectivity index (χ0) is 12.0. The van der Waals surface area contributed by atoms with Crippen LogP contribution in [0, 0.1) is 0 Å². The lowest BCUT2D eigenvalue weighted by Gasteiger charge is -2.07. The summed E-state index contributed by atoms with van der Waals surface area (Å²) in [6.45, 7) is 0.170. The molecular formula is C11H11BrO4. The van der Waals surface area contributed by atoms with Crippen molar-refractivity contribution >= 4 is 28.0 Å². The number of carbonyl (C=O) groups is 1. The third-order valence-electron chi connectivity index (χ3n) is 1.71. The van der Waals surface area contributed by atoms with Crippen molar-refractivity contribution in [2.75, 3.05) is 13.9 Å². The van der Waals surface area contributed by atoms with Crippen molar-refractivity contribution in [1.29, 1.82) is 0 Å². The third-order valence-corrected chi connectivity index (χ3v) is 2.33. The molecule has 16 heavy (non-hydrogen) atoms. The number of carboxylic acids is 1. The molecule has 1 rings (SSSR count). The molecule has 0 unspecified atom stereocenters. The van der Waals surface area contributed by atoms with Crippen LogP contribution in [0.5, 0.6) is 5.75 Å². The molecule has 0 aromatic heterocycles. The number of halogens is 1. The molecule has 0 fully saturated rings. The molecular weight excluding hydrogens is 276 g/mol. The van der Waals surface area contributed by atoms with Crippen molar-refractivity contribution in [3.63, 3.8) is 0 Å². The number of carboxylic acid groups (broad SMARTS) is 1. The van der Waals surface area contributed by atoms with Crippen LogP contribution in [0.1, 0.15) is 5.56 Å². The summed E-state index contributed by atoms with van der Waals surface area (Å²) in [6.07, 6.45) is 2.59. The summed E-state index contributed by atoms with van der Waals surface area (Å²) in [6, 6.07) is 5.27. The van der Waals surface area contributed by atoms with Gasteiger partial charge in [0.1, 0.15) is 5.75 Å². The Bertz CT molecular complexity index is 401. The monoisotopic (exact) mass is 286 g/mol. The first-order chi connectivity index (χ1) is 7.63. The van der Waals surface area contributed by atoms with E-state index in [1.165, 1.54) is 13.2 Å². The molecule has 86 valence electrons. The van der Waals surface area contributed by atoms with Gasteiger partial charge < -0.3 is 14.6 Å². The van der Waals surface area contributed by atoms with E-state index in [2.05, 4.69) is 15.9 Å². The summed E-state index contributed by atoms with van der Waals surface area (Å²) in [5.41, 5.74) is 0.777. The summed E-state index contributed by atoms with van der Waals surface area (Å²) in [4.78, 5) is 10.3. The number of hydrogen-bond donors (Lipinski definition) is 1. The van der Waals surface area contributed by atoms with E-state index >= 15 is 0 Å². The third kappa shape index (κ3) is 4.04. The summed E-state index contributed by atoms with van der Waals surface area (Å²) in [7, 11) is 1.54. The lowest BCUT2D eigenvalue weighted by atomic mass is 10.2. The molecule has 1 aromatic rings. The van der Waals surface area contributed by atoms with Gasteiger partial charge in [-0.1, -0.05) is 6.07 Å². The van der Waals surface area contributed by atoms with Crippen LogP contribution in [0.3, 0.4) is 0 Å². The normalized spacial score (nSPS) is 10.6. The zero-order valence-electron chi connectivity index (χ0n) is 8.64. The topological polar surface area (TPSA) is 55.8 Å². The highest BCUT2D eigenvalue weighted by Gasteiger charge is 2.01. The van der Waals surface area contributed by atoms with Gasteiger partial charge in [0.25, 0.3) is 0 Å². The fraction of sp³-hybridized carbons (Fsp3) is 0.182. The Balaban J connectivity index is 2.78. The molecule has 0 spiro atoms. The zero-order valence-corrected chi connectivity index (χ0v) is 10.2. The van der Waals surface area contributed by atoms with E-state index in [-0.39, 0.29) is 6.79 Å². The number of methoxy groups -OCH3 is 1. The van der Waals surface area contributed by atoms with E-state index in [4.69, 9.17) is 14.6 Å².